The van der Waals surface area contributed by atoms with Crippen LogP contribution in [0, 0.1) is 0 Å². The van der Waals surface area contributed by atoms with Gasteiger partial charge in [0, 0.05) is 12.7 Å². The zero-order valence-corrected chi connectivity index (χ0v) is 11.4. The number of halogens is 3. The lowest BCUT2D eigenvalue weighted by Crippen LogP contribution is -2.13. The van der Waals surface area contributed by atoms with E-state index in [1.165, 1.54) is 18.5 Å². The number of nitrogens with one attached hydrogen (secondary N) is 1. The number of ether oxygens (including phenoxy) is 1. The largest absolute Gasteiger partial charge is 0.455 e. The highest BCUT2D eigenvalue weighted by atomic mass is 19.4. The molecule has 6 heteroatoms. The summed E-state index contributed by atoms with van der Waals surface area (Å²) < 4.78 is 44.7. The Bertz CT molecular complexity index is 585. The van der Waals surface area contributed by atoms with Crippen LogP contribution in [0.1, 0.15) is 18.1 Å². The standard InChI is InChI=1S/C15H15F3N2O/c1-2-19-9-11-5-6-14(13(8-11)15(16,17)18)21-12-4-3-7-20-10-12/h3-8,10,19H,2,9H2,1H3. The zero-order valence-electron chi connectivity index (χ0n) is 11.4. The quantitative estimate of drug-likeness (QED) is 0.905. The predicted molar refractivity (Wildman–Crippen MR) is 73.1 cm³/mol. The second-order valence-electron chi connectivity index (χ2n) is 4.40. The van der Waals surface area contributed by atoms with Crippen LogP contribution in [-0.4, -0.2) is 11.5 Å². The molecule has 0 radical (unpaired) electrons. The summed E-state index contributed by atoms with van der Waals surface area (Å²) in [6, 6.07) is 7.21. The molecule has 0 saturated carbocycles. The Hall–Kier alpha value is -2.08. The van der Waals surface area contributed by atoms with Crippen LogP contribution in [0.2, 0.25) is 0 Å². The minimum atomic E-state index is -4.47. The summed E-state index contributed by atoms with van der Waals surface area (Å²) in [5.41, 5.74) is -0.232. The van der Waals surface area contributed by atoms with Crippen molar-refractivity contribution in [2.24, 2.45) is 0 Å². The number of rotatable bonds is 5. The van der Waals surface area contributed by atoms with Crippen molar-refractivity contribution in [2.75, 3.05) is 6.54 Å². The van der Waals surface area contributed by atoms with Gasteiger partial charge >= 0.3 is 6.18 Å². The first-order valence-electron chi connectivity index (χ1n) is 6.49. The van der Waals surface area contributed by atoms with Crippen LogP contribution >= 0.6 is 0 Å². The van der Waals surface area contributed by atoms with Gasteiger partial charge in [-0.05, 0) is 36.4 Å². The molecular formula is C15H15F3N2O. The molecule has 1 N–H and O–H groups in total. The van der Waals surface area contributed by atoms with Crippen LogP contribution in [-0.2, 0) is 12.7 Å². The van der Waals surface area contributed by atoms with E-state index in [0.29, 0.717) is 18.7 Å². The Morgan fingerprint density at radius 3 is 2.67 bits per heavy atom. The molecular weight excluding hydrogens is 281 g/mol. The molecule has 0 spiro atoms. The Kier molecular flexibility index (Phi) is 4.80. The van der Waals surface area contributed by atoms with Crippen molar-refractivity contribution in [1.82, 2.24) is 10.3 Å². The molecule has 3 nitrogen and oxygen atoms in total. The van der Waals surface area contributed by atoms with Crippen molar-refractivity contribution in [1.29, 1.82) is 0 Å². The van der Waals surface area contributed by atoms with E-state index in [1.54, 1.807) is 18.2 Å². The van der Waals surface area contributed by atoms with Crippen molar-refractivity contribution < 1.29 is 17.9 Å². The summed E-state index contributed by atoms with van der Waals surface area (Å²) in [4.78, 5) is 3.81. The van der Waals surface area contributed by atoms with Gasteiger partial charge in [0.1, 0.15) is 11.5 Å². The molecule has 1 aromatic carbocycles. The fourth-order valence-electron chi connectivity index (χ4n) is 1.80. The molecule has 0 amide bonds. The number of benzene rings is 1. The molecule has 0 aliphatic rings. The number of alkyl halides is 3. The summed E-state index contributed by atoms with van der Waals surface area (Å²) >= 11 is 0. The topological polar surface area (TPSA) is 34.1 Å². The van der Waals surface area contributed by atoms with E-state index >= 15 is 0 Å². The van der Waals surface area contributed by atoms with Gasteiger partial charge in [-0.2, -0.15) is 13.2 Å². The van der Waals surface area contributed by atoms with Crippen molar-refractivity contribution in [2.45, 2.75) is 19.6 Å². The number of nitrogens with zero attached hydrogens (tertiary/aromatic N) is 1. The molecule has 2 rings (SSSR count). The Labute approximate surface area is 120 Å². The third-order valence-electron chi connectivity index (χ3n) is 2.79. The lowest BCUT2D eigenvalue weighted by molar-refractivity contribution is -0.138. The van der Waals surface area contributed by atoms with Gasteiger partial charge in [0.05, 0.1) is 11.8 Å². The predicted octanol–water partition coefficient (Wildman–Crippen LogP) is 4.00. The van der Waals surface area contributed by atoms with Gasteiger partial charge < -0.3 is 10.1 Å². The smallest absolute Gasteiger partial charge is 0.419 e. The molecule has 1 heterocycles. The fourth-order valence-corrected chi connectivity index (χ4v) is 1.80. The maximum atomic E-state index is 13.1. The first-order valence-corrected chi connectivity index (χ1v) is 6.49. The van der Waals surface area contributed by atoms with Crippen LogP contribution in [0.3, 0.4) is 0 Å². The Balaban J connectivity index is 2.31. The van der Waals surface area contributed by atoms with Gasteiger partial charge in [0.15, 0.2) is 0 Å². The minimum absolute atomic E-state index is 0.226. The van der Waals surface area contributed by atoms with Crippen LogP contribution in [0.4, 0.5) is 13.2 Å². The van der Waals surface area contributed by atoms with Gasteiger partial charge in [-0.15, -0.1) is 0 Å². The number of hydrogen-bond acceptors (Lipinski definition) is 3. The molecule has 21 heavy (non-hydrogen) atoms. The molecule has 2 aromatic rings. The SMILES string of the molecule is CCNCc1ccc(Oc2cccnc2)c(C(F)(F)F)c1. The summed E-state index contributed by atoms with van der Waals surface area (Å²) in [5, 5.41) is 2.99. The van der Waals surface area contributed by atoms with E-state index < -0.39 is 11.7 Å². The molecule has 0 atom stereocenters. The van der Waals surface area contributed by atoms with Gasteiger partial charge in [-0.25, -0.2) is 0 Å². The highest BCUT2D eigenvalue weighted by Crippen LogP contribution is 2.38. The van der Waals surface area contributed by atoms with Crippen molar-refractivity contribution >= 4 is 0 Å². The van der Waals surface area contributed by atoms with Gasteiger partial charge in [0.25, 0.3) is 0 Å². The van der Waals surface area contributed by atoms with Crippen LogP contribution in [0.25, 0.3) is 0 Å². The Morgan fingerprint density at radius 1 is 1.24 bits per heavy atom. The van der Waals surface area contributed by atoms with Gasteiger partial charge in [-0.3, -0.25) is 4.98 Å². The van der Waals surface area contributed by atoms with Gasteiger partial charge in [0.2, 0.25) is 0 Å². The molecule has 0 aliphatic heterocycles. The first kappa shape index (κ1) is 15.3. The molecule has 0 aliphatic carbocycles. The molecule has 0 fully saturated rings. The summed E-state index contributed by atoms with van der Waals surface area (Å²) in [5.74, 6) is 0.0400. The van der Waals surface area contributed by atoms with Crippen molar-refractivity contribution in [3.05, 3.63) is 53.9 Å². The van der Waals surface area contributed by atoms with E-state index in [4.69, 9.17) is 4.74 Å². The molecule has 0 bridgehead atoms. The third kappa shape index (κ3) is 4.19. The maximum absolute atomic E-state index is 13.1. The lowest BCUT2D eigenvalue weighted by atomic mass is 10.1. The number of hydrogen-bond donors (Lipinski definition) is 1. The average molecular weight is 296 g/mol. The Morgan fingerprint density at radius 2 is 2.05 bits per heavy atom. The van der Waals surface area contributed by atoms with E-state index in [1.807, 2.05) is 6.92 Å². The van der Waals surface area contributed by atoms with E-state index in [0.717, 1.165) is 6.07 Å². The van der Waals surface area contributed by atoms with E-state index in [9.17, 15) is 13.2 Å². The first-order chi connectivity index (χ1) is 10.0. The monoisotopic (exact) mass is 296 g/mol. The maximum Gasteiger partial charge on any atom is 0.419 e. The third-order valence-corrected chi connectivity index (χ3v) is 2.79. The normalized spacial score (nSPS) is 11.4. The second kappa shape index (κ2) is 6.58. The molecule has 0 saturated heterocycles. The van der Waals surface area contributed by atoms with E-state index in [-0.39, 0.29) is 11.5 Å². The molecule has 1 aromatic heterocycles. The number of aromatic nitrogens is 1. The second-order valence-corrected chi connectivity index (χ2v) is 4.40. The molecule has 0 unspecified atom stereocenters. The zero-order chi connectivity index (χ0) is 15.3. The summed E-state index contributed by atoms with van der Waals surface area (Å²) in [6.45, 7) is 2.96. The fraction of sp³-hybridized carbons (Fsp3) is 0.267. The minimum Gasteiger partial charge on any atom is -0.455 e. The van der Waals surface area contributed by atoms with Crippen LogP contribution in [0.5, 0.6) is 11.5 Å². The average Bonchev–Trinajstić information content (AvgIpc) is 2.46. The lowest BCUT2D eigenvalue weighted by Gasteiger charge is -2.15. The highest BCUT2D eigenvalue weighted by Gasteiger charge is 2.34. The van der Waals surface area contributed by atoms with Crippen molar-refractivity contribution in [3.63, 3.8) is 0 Å². The summed E-state index contributed by atoms with van der Waals surface area (Å²) in [7, 11) is 0. The highest BCUT2D eigenvalue weighted by molar-refractivity contribution is 5.41. The van der Waals surface area contributed by atoms with E-state index in [2.05, 4.69) is 10.3 Å². The van der Waals surface area contributed by atoms with Crippen LogP contribution < -0.4 is 10.1 Å². The van der Waals surface area contributed by atoms with Crippen molar-refractivity contribution in [3.8, 4) is 11.5 Å². The van der Waals surface area contributed by atoms with Crippen LogP contribution in [0.15, 0.2) is 42.7 Å². The van der Waals surface area contributed by atoms with Gasteiger partial charge in [-0.1, -0.05) is 13.0 Å². The number of pyridine rings is 1. The molecule has 112 valence electrons. The summed E-state index contributed by atoms with van der Waals surface area (Å²) in [6.07, 6.45) is -1.58.